The van der Waals surface area contributed by atoms with E-state index >= 15 is 0 Å². The molecule has 0 aliphatic heterocycles. The minimum Gasteiger partial charge on any atom is -0.399 e. The van der Waals surface area contributed by atoms with Crippen molar-refractivity contribution in [2.45, 2.75) is 18.2 Å². The lowest BCUT2D eigenvalue weighted by Crippen LogP contribution is -2.13. The van der Waals surface area contributed by atoms with Gasteiger partial charge in [-0.15, -0.1) is 10.2 Å². The van der Waals surface area contributed by atoms with Crippen molar-refractivity contribution in [3.05, 3.63) is 23.8 Å². The van der Waals surface area contributed by atoms with E-state index in [9.17, 15) is 13.2 Å². The minimum atomic E-state index is -3.86. The zero-order valence-electron chi connectivity index (χ0n) is 11.2. The Morgan fingerprint density at radius 2 is 2.05 bits per heavy atom. The lowest BCUT2D eigenvalue weighted by molar-refractivity contribution is -0.114. The first-order chi connectivity index (χ1) is 9.78. The normalized spacial score (nSPS) is 11.1. The van der Waals surface area contributed by atoms with Gasteiger partial charge in [-0.1, -0.05) is 11.3 Å². The first-order valence-electron chi connectivity index (χ1n) is 5.78. The molecule has 112 valence electrons. The Bertz CT molecular complexity index is 785. The predicted molar refractivity (Wildman–Crippen MR) is 80.6 cm³/mol. The van der Waals surface area contributed by atoms with Crippen LogP contribution in [-0.4, -0.2) is 24.5 Å². The molecule has 2 aromatic rings. The van der Waals surface area contributed by atoms with Crippen molar-refractivity contribution < 1.29 is 13.2 Å². The number of nitrogens with zero attached hydrogens (tertiary/aromatic N) is 2. The molecule has 8 nitrogen and oxygen atoms in total. The van der Waals surface area contributed by atoms with Gasteiger partial charge in [0.05, 0.1) is 0 Å². The molecule has 0 aliphatic carbocycles. The van der Waals surface area contributed by atoms with Crippen LogP contribution in [0.2, 0.25) is 0 Å². The molecule has 0 bridgehead atoms. The van der Waals surface area contributed by atoms with E-state index in [0.29, 0.717) is 11.4 Å². The van der Waals surface area contributed by atoms with E-state index in [1.165, 1.54) is 6.92 Å². The molecule has 1 aromatic carbocycles. The van der Waals surface area contributed by atoms with Crippen LogP contribution in [0.15, 0.2) is 22.5 Å². The fourth-order valence-corrected chi connectivity index (χ4v) is 3.45. The summed E-state index contributed by atoms with van der Waals surface area (Å²) < 4.78 is 26.4. The van der Waals surface area contributed by atoms with Gasteiger partial charge in [0.2, 0.25) is 11.0 Å². The quantitative estimate of drug-likeness (QED) is 0.572. The van der Waals surface area contributed by atoms with E-state index in [0.717, 1.165) is 16.9 Å². The van der Waals surface area contributed by atoms with Crippen LogP contribution in [0.5, 0.6) is 0 Å². The maximum Gasteiger partial charge on any atom is 0.291 e. The van der Waals surface area contributed by atoms with Gasteiger partial charge in [-0.3, -0.25) is 9.52 Å². The number of amides is 1. The van der Waals surface area contributed by atoms with Gasteiger partial charge in [0.15, 0.2) is 0 Å². The average molecular weight is 327 g/mol. The Kier molecular flexibility index (Phi) is 4.09. The molecule has 21 heavy (non-hydrogen) atoms. The number of aromatic nitrogens is 2. The SMILES string of the molecule is CC(=O)Nc1nnc(S(=O)(=O)Nc2ccc(N)c(C)c2)s1. The summed E-state index contributed by atoms with van der Waals surface area (Å²) in [6.45, 7) is 3.07. The predicted octanol–water partition coefficient (Wildman–Crippen LogP) is 1.19. The van der Waals surface area contributed by atoms with Gasteiger partial charge < -0.3 is 11.1 Å². The second-order valence-corrected chi connectivity index (χ2v) is 7.06. The van der Waals surface area contributed by atoms with Gasteiger partial charge in [-0.25, -0.2) is 0 Å². The van der Waals surface area contributed by atoms with Crippen molar-refractivity contribution in [3.63, 3.8) is 0 Å². The summed E-state index contributed by atoms with van der Waals surface area (Å²) in [5, 5.41) is 9.65. The number of sulfonamides is 1. The first-order valence-corrected chi connectivity index (χ1v) is 8.08. The molecule has 1 aromatic heterocycles. The van der Waals surface area contributed by atoms with Crippen LogP contribution in [-0.2, 0) is 14.8 Å². The minimum absolute atomic E-state index is 0.122. The number of benzene rings is 1. The molecule has 1 amide bonds. The van der Waals surface area contributed by atoms with Gasteiger partial charge in [-0.2, -0.15) is 8.42 Å². The molecule has 0 radical (unpaired) electrons. The summed E-state index contributed by atoms with van der Waals surface area (Å²) in [7, 11) is -3.86. The van der Waals surface area contributed by atoms with Crippen LogP contribution in [0.3, 0.4) is 0 Å². The summed E-state index contributed by atoms with van der Waals surface area (Å²) in [6.07, 6.45) is 0. The number of aryl methyl sites for hydroxylation is 1. The van der Waals surface area contributed by atoms with Crippen molar-refractivity contribution in [3.8, 4) is 0 Å². The number of carbonyl (C=O) groups excluding carboxylic acids is 1. The Hall–Kier alpha value is -2.20. The van der Waals surface area contributed by atoms with Crippen LogP contribution in [0.1, 0.15) is 12.5 Å². The van der Waals surface area contributed by atoms with E-state index in [4.69, 9.17) is 5.73 Å². The summed E-state index contributed by atoms with van der Waals surface area (Å²) >= 11 is 0.765. The molecule has 0 unspecified atom stereocenters. The lowest BCUT2D eigenvalue weighted by atomic mass is 10.2. The Balaban J connectivity index is 2.23. The van der Waals surface area contributed by atoms with Crippen molar-refractivity contribution in [1.29, 1.82) is 0 Å². The molecule has 0 saturated carbocycles. The molecule has 0 atom stereocenters. The zero-order valence-corrected chi connectivity index (χ0v) is 12.9. The highest BCUT2D eigenvalue weighted by atomic mass is 32.2. The number of anilines is 3. The molecule has 0 saturated heterocycles. The molecule has 2 rings (SSSR count). The number of hydrogen-bond acceptors (Lipinski definition) is 7. The molecular formula is C11H13N5O3S2. The number of nitrogen functional groups attached to an aromatic ring is 1. The monoisotopic (exact) mass is 327 g/mol. The Morgan fingerprint density at radius 1 is 1.33 bits per heavy atom. The third kappa shape index (κ3) is 3.67. The molecule has 0 fully saturated rings. The Labute approximate surface area is 125 Å². The average Bonchev–Trinajstić information content (AvgIpc) is 2.82. The molecular weight excluding hydrogens is 314 g/mol. The number of rotatable bonds is 4. The van der Waals surface area contributed by atoms with E-state index in [1.807, 2.05) is 0 Å². The highest BCUT2D eigenvalue weighted by molar-refractivity contribution is 7.94. The van der Waals surface area contributed by atoms with Crippen molar-refractivity contribution >= 4 is 43.8 Å². The van der Waals surface area contributed by atoms with Gasteiger partial charge in [0, 0.05) is 18.3 Å². The Morgan fingerprint density at radius 3 is 2.67 bits per heavy atom. The van der Waals surface area contributed by atoms with Gasteiger partial charge in [-0.05, 0) is 30.7 Å². The van der Waals surface area contributed by atoms with Crippen LogP contribution in [0, 0.1) is 6.92 Å². The van der Waals surface area contributed by atoms with E-state index in [2.05, 4.69) is 20.2 Å². The fraction of sp³-hybridized carbons (Fsp3) is 0.182. The summed E-state index contributed by atoms with van der Waals surface area (Å²) in [5.74, 6) is -0.350. The first kappa shape index (κ1) is 15.2. The number of carbonyl (C=O) groups is 1. The maximum absolute atomic E-state index is 12.1. The van der Waals surface area contributed by atoms with Gasteiger partial charge in [0.1, 0.15) is 0 Å². The summed E-state index contributed by atoms with van der Waals surface area (Å²) in [4.78, 5) is 10.9. The lowest BCUT2D eigenvalue weighted by Gasteiger charge is -2.07. The third-order valence-electron chi connectivity index (χ3n) is 2.44. The van der Waals surface area contributed by atoms with Gasteiger partial charge >= 0.3 is 0 Å². The van der Waals surface area contributed by atoms with Crippen LogP contribution < -0.4 is 15.8 Å². The summed E-state index contributed by atoms with van der Waals surface area (Å²) in [6, 6.07) is 4.77. The number of hydrogen-bond donors (Lipinski definition) is 3. The summed E-state index contributed by atoms with van der Waals surface area (Å²) in [5.41, 5.74) is 7.38. The maximum atomic E-state index is 12.1. The second kappa shape index (κ2) is 5.66. The highest BCUT2D eigenvalue weighted by Crippen LogP contribution is 2.24. The molecule has 1 heterocycles. The zero-order chi connectivity index (χ0) is 15.6. The van der Waals surface area contributed by atoms with Crippen molar-refractivity contribution in [2.75, 3.05) is 15.8 Å². The third-order valence-corrected chi connectivity index (χ3v) is 5.03. The second-order valence-electron chi connectivity index (χ2n) is 4.23. The standard InChI is InChI=1S/C11H13N5O3S2/c1-6-5-8(3-4-9(6)12)16-21(18,19)11-15-14-10(20-11)13-7(2)17/h3-5,16H,12H2,1-2H3,(H,13,14,17). The molecule has 10 heteroatoms. The van der Waals surface area contributed by atoms with Crippen molar-refractivity contribution in [2.24, 2.45) is 0 Å². The van der Waals surface area contributed by atoms with Crippen LogP contribution in [0.25, 0.3) is 0 Å². The van der Waals surface area contributed by atoms with Crippen LogP contribution >= 0.6 is 11.3 Å². The molecule has 4 N–H and O–H groups in total. The van der Waals surface area contributed by atoms with E-state index < -0.39 is 10.0 Å². The van der Waals surface area contributed by atoms with E-state index in [-0.39, 0.29) is 15.4 Å². The number of nitrogens with two attached hydrogens (primary N) is 1. The van der Waals surface area contributed by atoms with E-state index in [1.54, 1.807) is 25.1 Å². The van der Waals surface area contributed by atoms with Crippen LogP contribution in [0.4, 0.5) is 16.5 Å². The molecule has 0 aliphatic rings. The number of nitrogens with one attached hydrogen (secondary N) is 2. The highest BCUT2D eigenvalue weighted by Gasteiger charge is 2.20. The topological polar surface area (TPSA) is 127 Å². The largest absolute Gasteiger partial charge is 0.399 e. The fourth-order valence-electron chi connectivity index (χ4n) is 1.46. The van der Waals surface area contributed by atoms with Gasteiger partial charge in [0.25, 0.3) is 14.4 Å². The molecule has 0 spiro atoms. The van der Waals surface area contributed by atoms with Crippen molar-refractivity contribution in [1.82, 2.24) is 10.2 Å². The smallest absolute Gasteiger partial charge is 0.291 e.